The molecule has 16 heavy (non-hydrogen) atoms. The van der Waals surface area contributed by atoms with Gasteiger partial charge in [-0.25, -0.2) is 4.79 Å². The zero-order valence-electron chi connectivity index (χ0n) is 8.84. The van der Waals surface area contributed by atoms with Crippen molar-refractivity contribution in [1.82, 2.24) is 5.32 Å². The predicted octanol–water partition coefficient (Wildman–Crippen LogP) is 1.84. The molecule has 0 radical (unpaired) electrons. The van der Waals surface area contributed by atoms with Crippen molar-refractivity contribution in [3.05, 3.63) is 0 Å². The fourth-order valence-corrected chi connectivity index (χ4v) is 1.71. The van der Waals surface area contributed by atoms with Crippen molar-refractivity contribution in [3.8, 4) is 0 Å². The van der Waals surface area contributed by atoms with Gasteiger partial charge < -0.3 is 14.8 Å². The maximum absolute atomic E-state index is 11.7. The first-order chi connectivity index (χ1) is 7.42. The van der Waals surface area contributed by atoms with E-state index in [9.17, 15) is 18.0 Å². The van der Waals surface area contributed by atoms with Crippen LogP contribution >= 0.6 is 0 Å². The summed E-state index contributed by atoms with van der Waals surface area (Å²) in [5, 5.41) is 2.37. The van der Waals surface area contributed by atoms with Crippen LogP contribution in [0.1, 0.15) is 19.3 Å². The number of ether oxygens (including phenoxy) is 2. The number of methoxy groups -OCH3 is 1. The number of nitrogens with one attached hydrogen (secondary N) is 1. The Morgan fingerprint density at radius 1 is 1.44 bits per heavy atom. The minimum atomic E-state index is -4.49. The van der Waals surface area contributed by atoms with Gasteiger partial charge in [-0.2, -0.15) is 13.2 Å². The summed E-state index contributed by atoms with van der Waals surface area (Å²) in [5.74, 6) is 0. The number of alkyl halides is 3. The van der Waals surface area contributed by atoms with Crippen molar-refractivity contribution >= 4 is 6.09 Å². The van der Waals surface area contributed by atoms with E-state index in [2.05, 4.69) is 10.1 Å². The van der Waals surface area contributed by atoms with Gasteiger partial charge in [-0.1, -0.05) is 0 Å². The van der Waals surface area contributed by atoms with Crippen LogP contribution in [-0.2, 0) is 9.47 Å². The molecule has 1 aliphatic rings. The van der Waals surface area contributed by atoms with Crippen LogP contribution in [-0.4, -0.2) is 38.1 Å². The zero-order chi connectivity index (χ0) is 12.2. The van der Waals surface area contributed by atoms with E-state index >= 15 is 0 Å². The number of halogens is 3. The van der Waals surface area contributed by atoms with Crippen molar-refractivity contribution < 1.29 is 27.4 Å². The molecule has 7 heteroatoms. The number of amides is 1. The van der Waals surface area contributed by atoms with E-state index in [1.54, 1.807) is 0 Å². The van der Waals surface area contributed by atoms with Crippen LogP contribution in [0.25, 0.3) is 0 Å². The second kappa shape index (κ2) is 5.38. The molecule has 1 N–H and O–H groups in total. The Hall–Kier alpha value is -0.980. The highest BCUT2D eigenvalue weighted by Crippen LogP contribution is 2.21. The highest BCUT2D eigenvalue weighted by molar-refractivity contribution is 5.67. The molecule has 0 aromatic rings. The van der Waals surface area contributed by atoms with Crippen LogP contribution in [0.15, 0.2) is 0 Å². The molecule has 1 aliphatic carbocycles. The molecule has 0 bridgehead atoms. The van der Waals surface area contributed by atoms with Crippen molar-refractivity contribution in [1.29, 1.82) is 0 Å². The lowest BCUT2D eigenvalue weighted by atomic mass is 10.2. The number of hydrogen-bond donors (Lipinski definition) is 1. The van der Waals surface area contributed by atoms with Crippen LogP contribution < -0.4 is 5.32 Å². The normalized spacial score (nSPS) is 25.5. The summed E-state index contributed by atoms with van der Waals surface area (Å²) in [6.07, 6.45) is -3.32. The largest absolute Gasteiger partial charge is 0.440 e. The average Bonchev–Trinajstić information content (AvgIpc) is 2.61. The third kappa shape index (κ3) is 4.26. The average molecular weight is 241 g/mol. The summed E-state index contributed by atoms with van der Waals surface area (Å²) < 4.78 is 44.3. The fraction of sp³-hybridized carbons (Fsp3) is 0.889. The van der Waals surface area contributed by atoms with Crippen LogP contribution in [0, 0.1) is 0 Å². The third-order valence-corrected chi connectivity index (χ3v) is 2.43. The monoisotopic (exact) mass is 241 g/mol. The minimum absolute atomic E-state index is 0.140. The van der Waals surface area contributed by atoms with Gasteiger partial charge in [-0.05, 0) is 19.3 Å². The molecule has 1 fully saturated rings. The lowest BCUT2D eigenvalue weighted by molar-refractivity contribution is -0.160. The Morgan fingerprint density at radius 3 is 2.69 bits per heavy atom. The van der Waals surface area contributed by atoms with Crippen molar-refractivity contribution in [3.63, 3.8) is 0 Å². The molecule has 94 valence electrons. The Labute approximate surface area is 91.1 Å². The molecule has 0 spiro atoms. The second-order valence-corrected chi connectivity index (χ2v) is 3.65. The van der Waals surface area contributed by atoms with Gasteiger partial charge in [0, 0.05) is 7.11 Å². The lowest BCUT2D eigenvalue weighted by Gasteiger charge is -2.19. The van der Waals surface area contributed by atoms with Crippen LogP contribution in [0.5, 0.6) is 0 Å². The Kier molecular flexibility index (Phi) is 4.40. The number of alkyl carbamates (subject to hydrolysis) is 1. The summed E-state index contributed by atoms with van der Waals surface area (Å²) in [6.45, 7) is -1.57. The van der Waals surface area contributed by atoms with Crippen molar-refractivity contribution in [2.75, 3.05) is 13.7 Å². The second-order valence-electron chi connectivity index (χ2n) is 3.65. The maximum atomic E-state index is 11.7. The first kappa shape index (κ1) is 13.1. The SMILES string of the molecule is COC1CCCC1NC(=O)OCC(F)(F)F. The summed E-state index contributed by atoms with van der Waals surface area (Å²) in [7, 11) is 1.51. The van der Waals surface area contributed by atoms with Gasteiger partial charge in [0.05, 0.1) is 12.1 Å². The number of hydrogen-bond acceptors (Lipinski definition) is 3. The molecule has 2 unspecified atom stereocenters. The fourth-order valence-electron chi connectivity index (χ4n) is 1.71. The molecule has 4 nitrogen and oxygen atoms in total. The Morgan fingerprint density at radius 2 is 2.12 bits per heavy atom. The maximum Gasteiger partial charge on any atom is 0.422 e. The van der Waals surface area contributed by atoms with Gasteiger partial charge in [0.15, 0.2) is 6.61 Å². The Balaban J connectivity index is 2.28. The topological polar surface area (TPSA) is 47.6 Å². The predicted molar refractivity (Wildman–Crippen MR) is 49.0 cm³/mol. The Bertz CT molecular complexity index is 245. The van der Waals surface area contributed by atoms with E-state index in [0.717, 1.165) is 12.8 Å². The van der Waals surface area contributed by atoms with Gasteiger partial charge >= 0.3 is 12.3 Å². The van der Waals surface area contributed by atoms with Crippen LogP contribution in [0.4, 0.5) is 18.0 Å². The summed E-state index contributed by atoms with van der Waals surface area (Å²) in [6, 6.07) is -0.259. The minimum Gasteiger partial charge on any atom is -0.440 e. The van der Waals surface area contributed by atoms with E-state index in [1.807, 2.05) is 0 Å². The van der Waals surface area contributed by atoms with Crippen LogP contribution in [0.2, 0.25) is 0 Å². The summed E-state index contributed by atoms with van der Waals surface area (Å²) in [4.78, 5) is 11.0. The van der Waals surface area contributed by atoms with E-state index in [-0.39, 0.29) is 12.1 Å². The summed E-state index contributed by atoms with van der Waals surface area (Å²) in [5.41, 5.74) is 0. The quantitative estimate of drug-likeness (QED) is 0.820. The van der Waals surface area contributed by atoms with Gasteiger partial charge in [0.1, 0.15) is 0 Å². The van der Waals surface area contributed by atoms with E-state index < -0.39 is 18.9 Å². The standard InChI is InChI=1S/C9H14F3NO3/c1-15-7-4-2-3-6(7)13-8(14)16-5-9(10,11)12/h6-7H,2-5H2,1H3,(H,13,14). The molecule has 1 rings (SSSR count). The lowest BCUT2D eigenvalue weighted by Crippen LogP contribution is -2.41. The summed E-state index contributed by atoms with van der Waals surface area (Å²) >= 11 is 0. The molecule has 1 saturated carbocycles. The number of carbonyl (C=O) groups excluding carboxylic acids is 1. The molecule has 0 saturated heterocycles. The molecule has 0 aliphatic heterocycles. The molecule has 2 atom stereocenters. The molecular weight excluding hydrogens is 227 g/mol. The highest BCUT2D eigenvalue weighted by atomic mass is 19.4. The van der Waals surface area contributed by atoms with E-state index in [1.165, 1.54) is 7.11 Å². The number of carbonyl (C=O) groups is 1. The van der Waals surface area contributed by atoms with E-state index in [4.69, 9.17) is 4.74 Å². The molecule has 1 amide bonds. The van der Waals surface area contributed by atoms with Gasteiger partial charge in [-0.15, -0.1) is 0 Å². The van der Waals surface area contributed by atoms with Gasteiger partial charge in [0.2, 0.25) is 0 Å². The van der Waals surface area contributed by atoms with Gasteiger partial charge in [0.25, 0.3) is 0 Å². The van der Waals surface area contributed by atoms with E-state index in [0.29, 0.717) is 6.42 Å². The zero-order valence-corrected chi connectivity index (χ0v) is 8.84. The smallest absolute Gasteiger partial charge is 0.422 e. The first-order valence-corrected chi connectivity index (χ1v) is 4.95. The van der Waals surface area contributed by atoms with Crippen LogP contribution in [0.3, 0.4) is 0 Å². The molecular formula is C9H14F3NO3. The van der Waals surface area contributed by atoms with Crippen molar-refractivity contribution in [2.45, 2.75) is 37.6 Å². The third-order valence-electron chi connectivity index (χ3n) is 2.43. The van der Waals surface area contributed by atoms with Gasteiger partial charge in [-0.3, -0.25) is 0 Å². The molecule has 0 aromatic carbocycles. The highest BCUT2D eigenvalue weighted by Gasteiger charge is 2.32. The molecule has 0 aromatic heterocycles. The van der Waals surface area contributed by atoms with Crippen molar-refractivity contribution in [2.24, 2.45) is 0 Å². The first-order valence-electron chi connectivity index (χ1n) is 4.95. The number of rotatable bonds is 3. The molecule has 0 heterocycles.